The van der Waals surface area contributed by atoms with Gasteiger partial charge in [-0.25, -0.2) is 5.26 Å². The van der Waals surface area contributed by atoms with Gasteiger partial charge in [-0.3, -0.25) is 9.68 Å². The summed E-state index contributed by atoms with van der Waals surface area (Å²) in [6.07, 6.45) is -3.20. The molecular weight excluding hydrogens is 207 g/mol. The van der Waals surface area contributed by atoms with E-state index >= 15 is 0 Å². The van der Waals surface area contributed by atoms with Crippen LogP contribution in [0, 0.1) is 0 Å². The fourth-order valence-electron chi connectivity index (χ4n) is 0.329. The van der Waals surface area contributed by atoms with Crippen molar-refractivity contribution in [2.45, 2.75) is 5.92 Å². The summed E-state index contributed by atoms with van der Waals surface area (Å²) in [4.78, 5) is 12.3. The summed E-state index contributed by atoms with van der Waals surface area (Å²) in [6.45, 7) is 0. The van der Waals surface area contributed by atoms with Crippen LogP contribution in [-0.2, 0) is 14.7 Å². The minimum absolute atomic E-state index is 2.47. The van der Waals surface area contributed by atoms with Gasteiger partial charge >= 0.3 is 18.0 Å². The van der Waals surface area contributed by atoms with Gasteiger partial charge in [-0.15, -0.1) is 0 Å². The summed E-state index contributed by atoms with van der Waals surface area (Å²) in [5.74, 6) is -7.90. The Bertz CT molecular complexity index is 233. The zero-order valence-corrected chi connectivity index (χ0v) is 5.56. The molecular formula is C4HF5O4. The van der Waals surface area contributed by atoms with Crippen molar-refractivity contribution in [3.63, 3.8) is 0 Å². The number of carbonyl (C=O) groups excluding carboxylic acids is 1. The van der Waals surface area contributed by atoms with Crippen molar-refractivity contribution < 1.29 is 41.9 Å². The number of carbonyl (C=O) groups is 1. The van der Waals surface area contributed by atoms with Crippen LogP contribution in [0.3, 0.4) is 0 Å². The molecule has 1 N–H and O–H groups in total. The van der Waals surface area contributed by atoms with Crippen LogP contribution >= 0.6 is 0 Å². The van der Waals surface area contributed by atoms with Crippen LogP contribution in [0.5, 0.6) is 0 Å². The number of rotatable bonds is 4. The van der Waals surface area contributed by atoms with Gasteiger partial charge in [0.05, 0.1) is 0 Å². The fourth-order valence-corrected chi connectivity index (χ4v) is 0.329. The molecule has 4 nitrogen and oxygen atoms in total. The van der Waals surface area contributed by atoms with Crippen molar-refractivity contribution in [3.05, 3.63) is 11.8 Å². The second-order valence-electron chi connectivity index (χ2n) is 1.60. The van der Waals surface area contributed by atoms with E-state index in [9.17, 15) is 26.7 Å². The van der Waals surface area contributed by atoms with Crippen LogP contribution in [-0.4, -0.2) is 17.2 Å². The van der Waals surface area contributed by atoms with Crippen LogP contribution in [0.15, 0.2) is 11.8 Å². The monoisotopic (exact) mass is 208 g/mol. The molecule has 0 aliphatic heterocycles. The van der Waals surface area contributed by atoms with Gasteiger partial charge in [0.2, 0.25) is 0 Å². The minimum Gasteiger partial charge on any atom is -0.300 e. The van der Waals surface area contributed by atoms with E-state index in [0.717, 1.165) is 0 Å². The van der Waals surface area contributed by atoms with Crippen molar-refractivity contribution >= 4 is 6.04 Å². The van der Waals surface area contributed by atoms with Crippen LogP contribution in [0.25, 0.3) is 0 Å². The lowest BCUT2D eigenvalue weighted by atomic mass is 10.3. The van der Waals surface area contributed by atoms with Crippen LogP contribution in [0.2, 0.25) is 0 Å². The molecule has 0 aliphatic carbocycles. The van der Waals surface area contributed by atoms with Gasteiger partial charge in [-0.2, -0.15) is 22.0 Å². The Balaban J connectivity index is 4.97. The highest BCUT2D eigenvalue weighted by molar-refractivity contribution is 5.79. The molecule has 0 aromatic rings. The van der Waals surface area contributed by atoms with Gasteiger partial charge in [0.1, 0.15) is 0 Å². The van der Waals surface area contributed by atoms with Crippen LogP contribution in [0.4, 0.5) is 22.0 Å². The van der Waals surface area contributed by atoms with Gasteiger partial charge in [-0.05, 0) is 5.04 Å². The van der Waals surface area contributed by atoms with Crippen molar-refractivity contribution in [3.8, 4) is 0 Å². The highest BCUT2D eigenvalue weighted by atomic mass is 19.3. The molecule has 0 saturated carbocycles. The van der Waals surface area contributed by atoms with Gasteiger partial charge in [0, 0.05) is 0 Å². The maximum atomic E-state index is 12.1. The Morgan fingerprint density at radius 2 is 1.69 bits per heavy atom. The first kappa shape index (κ1) is 11.8. The molecule has 0 fully saturated rings. The van der Waals surface area contributed by atoms with Crippen LogP contribution < -0.4 is 0 Å². The zero-order chi connectivity index (χ0) is 10.6. The van der Waals surface area contributed by atoms with E-state index in [1.807, 2.05) is 0 Å². The largest absolute Gasteiger partial charge is 0.401 e. The maximum absolute atomic E-state index is 12.1. The molecule has 76 valence electrons. The van der Waals surface area contributed by atoms with E-state index in [4.69, 9.17) is 5.26 Å². The molecule has 0 atom stereocenters. The lowest BCUT2D eigenvalue weighted by molar-refractivity contribution is -0.479. The Labute approximate surface area is 67.0 Å². The third-order valence-electron chi connectivity index (χ3n) is 0.824. The molecule has 0 rings (SSSR count). The second kappa shape index (κ2) is 4.14. The maximum Gasteiger partial charge on any atom is 0.401 e. The molecule has 0 aromatic carbocycles. The molecule has 13 heavy (non-hydrogen) atoms. The first-order valence-electron chi connectivity index (χ1n) is 2.45. The fraction of sp³-hybridized carbons (Fsp3) is 0.250. The predicted octanol–water partition coefficient (Wildman–Crippen LogP) is 1.65. The lowest BCUT2D eigenvalue weighted by Gasteiger charge is -2.10. The second-order valence-corrected chi connectivity index (χ2v) is 1.60. The highest BCUT2D eigenvalue weighted by Gasteiger charge is 2.50. The van der Waals surface area contributed by atoms with Gasteiger partial charge < -0.3 is 0 Å². The summed E-state index contributed by atoms with van der Waals surface area (Å²) in [5, 5.41) is 9.84. The lowest BCUT2D eigenvalue weighted by Crippen LogP contribution is -2.29. The average Bonchev–Trinajstić information content (AvgIpc) is 1.98. The van der Waals surface area contributed by atoms with Crippen LogP contribution in [0.1, 0.15) is 0 Å². The topological polar surface area (TPSA) is 55.8 Å². The minimum atomic E-state index is -5.19. The Kier molecular flexibility index (Phi) is 3.75. The van der Waals surface area contributed by atoms with Crippen molar-refractivity contribution in [2.24, 2.45) is 0 Å². The molecule has 0 amide bonds. The highest BCUT2D eigenvalue weighted by Crippen LogP contribution is 2.30. The number of allylic oxidation sites excluding steroid dienone is 1. The summed E-state index contributed by atoms with van der Waals surface area (Å²) >= 11 is 0. The van der Waals surface area contributed by atoms with Gasteiger partial charge in [0.15, 0.2) is 0 Å². The van der Waals surface area contributed by atoms with E-state index < -0.39 is 23.8 Å². The summed E-state index contributed by atoms with van der Waals surface area (Å²) in [7, 11) is 0. The quantitative estimate of drug-likeness (QED) is 0.251. The number of halogens is 5. The molecule has 0 aliphatic rings. The number of alkyl halides is 2. The Morgan fingerprint density at radius 3 is 1.92 bits per heavy atom. The first-order valence-corrected chi connectivity index (χ1v) is 2.45. The van der Waals surface area contributed by atoms with E-state index in [2.05, 4.69) is 9.93 Å². The van der Waals surface area contributed by atoms with Crippen molar-refractivity contribution in [2.75, 3.05) is 0 Å². The smallest absolute Gasteiger partial charge is 0.300 e. The molecule has 0 aromatic heterocycles. The molecule has 0 radical (unpaired) electrons. The SMILES string of the molecule is O=C(F)C(F)(F)C(OOO)=C(F)F. The van der Waals surface area contributed by atoms with E-state index in [1.165, 1.54) is 0 Å². The Hall–Kier alpha value is -1.22. The van der Waals surface area contributed by atoms with E-state index in [1.54, 1.807) is 0 Å². The average molecular weight is 208 g/mol. The van der Waals surface area contributed by atoms with Crippen molar-refractivity contribution in [1.29, 1.82) is 0 Å². The third kappa shape index (κ3) is 2.63. The molecule has 0 spiro atoms. The summed E-state index contributed by atoms with van der Waals surface area (Å²) < 4.78 is 58.6. The number of hydrogen-bond acceptors (Lipinski definition) is 4. The standard InChI is InChI=1S/C4HF5O4/c5-2(6)1(12-13-11)4(8,9)3(7)10/h11H. The molecule has 0 unspecified atom stereocenters. The van der Waals surface area contributed by atoms with Crippen molar-refractivity contribution in [1.82, 2.24) is 0 Å². The Morgan fingerprint density at radius 1 is 1.23 bits per heavy atom. The van der Waals surface area contributed by atoms with E-state index in [0.29, 0.717) is 0 Å². The van der Waals surface area contributed by atoms with E-state index in [-0.39, 0.29) is 0 Å². The third-order valence-corrected chi connectivity index (χ3v) is 0.824. The summed E-state index contributed by atoms with van der Waals surface area (Å²) in [6, 6.07) is -3.37. The number of hydrogen-bond donors (Lipinski definition) is 1. The normalized spacial score (nSPS) is 10.9. The van der Waals surface area contributed by atoms with Gasteiger partial charge in [0.25, 0.3) is 5.76 Å². The molecule has 0 heterocycles. The molecule has 0 bridgehead atoms. The zero-order valence-electron chi connectivity index (χ0n) is 5.56. The van der Waals surface area contributed by atoms with Gasteiger partial charge in [-0.1, -0.05) is 0 Å². The summed E-state index contributed by atoms with van der Waals surface area (Å²) in [5.41, 5.74) is 0. The molecule has 0 saturated heterocycles. The first-order chi connectivity index (χ1) is 5.84. The molecule has 9 heteroatoms. The predicted molar refractivity (Wildman–Crippen MR) is 25.1 cm³/mol.